The molecule has 0 aliphatic heterocycles. The number of allylic oxidation sites excluding steroid dienone is 1. The van der Waals surface area contributed by atoms with Gasteiger partial charge in [0.05, 0.1) is 44.8 Å². The van der Waals surface area contributed by atoms with Crippen LogP contribution in [0.25, 0.3) is 6.08 Å². The molecule has 0 aliphatic rings. The molecule has 2 rings (SSSR count). The molecule has 7 nitrogen and oxygen atoms in total. The molecule has 0 heterocycles. The van der Waals surface area contributed by atoms with Gasteiger partial charge >= 0.3 is 0 Å². The van der Waals surface area contributed by atoms with Crippen molar-refractivity contribution in [3.05, 3.63) is 40.4 Å². The quantitative estimate of drug-likeness (QED) is 0.394. The lowest BCUT2D eigenvalue weighted by molar-refractivity contribution is 0.104. The number of ketones is 1. The normalized spacial score (nSPS) is 11.1. The summed E-state index contributed by atoms with van der Waals surface area (Å²) in [5.41, 5.74) is 8.21. The Balaban J connectivity index is 2.53. The number of hydrogen-bond acceptors (Lipinski definition) is 7. The number of halogens is 1. The number of benzene rings is 2. The zero-order valence-electron chi connectivity index (χ0n) is 17.3. The Kier molecular flexibility index (Phi) is 7.23. The van der Waals surface area contributed by atoms with Crippen LogP contribution in [0.2, 0.25) is 0 Å². The number of hydrogen-bond donors (Lipinski definition) is 1. The van der Waals surface area contributed by atoms with Gasteiger partial charge in [-0.2, -0.15) is 0 Å². The second-order valence-corrected chi connectivity index (χ2v) is 6.66. The molecule has 0 fully saturated rings. The van der Waals surface area contributed by atoms with Gasteiger partial charge in [-0.3, -0.25) is 4.79 Å². The molecule has 0 radical (unpaired) electrons. The fraction of sp³-hybridized carbons (Fsp3) is 0.286. The van der Waals surface area contributed by atoms with E-state index in [9.17, 15) is 4.79 Å². The highest BCUT2D eigenvalue weighted by molar-refractivity contribution is 6.47. The summed E-state index contributed by atoms with van der Waals surface area (Å²) in [7, 11) is 9.70. The topological polar surface area (TPSA) is 83.3 Å². The molecule has 2 N–H and O–H groups in total. The first-order chi connectivity index (χ1) is 13.8. The van der Waals surface area contributed by atoms with Crippen LogP contribution in [0.3, 0.4) is 0 Å². The fourth-order valence-corrected chi connectivity index (χ4v) is 3.14. The highest BCUT2D eigenvalue weighted by atomic mass is 35.5. The Bertz CT molecular complexity index is 941. The van der Waals surface area contributed by atoms with E-state index in [1.54, 1.807) is 24.3 Å². The molecule has 8 heteroatoms. The van der Waals surface area contributed by atoms with Gasteiger partial charge in [0.2, 0.25) is 17.3 Å². The first kappa shape index (κ1) is 22.2. The third-order valence-electron chi connectivity index (χ3n) is 4.29. The second-order valence-electron chi connectivity index (χ2n) is 6.26. The Labute approximate surface area is 175 Å². The van der Waals surface area contributed by atoms with Crippen LogP contribution in [-0.4, -0.2) is 48.3 Å². The number of rotatable bonds is 8. The molecule has 0 aromatic heterocycles. The van der Waals surface area contributed by atoms with E-state index < -0.39 is 0 Å². The van der Waals surface area contributed by atoms with Crippen molar-refractivity contribution in [1.82, 2.24) is 0 Å². The Morgan fingerprint density at radius 2 is 1.59 bits per heavy atom. The van der Waals surface area contributed by atoms with Crippen molar-refractivity contribution in [2.24, 2.45) is 0 Å². The number of Topliss-reactive ketones (excluding diaryl/α,β-unsaturated/α-hetero) is 1. The summed E-state index contributed by atoms with van der Waals surface area (Å²) in [5.74, 6) is 1.10. The number of carbonyl (C=O) groups is 1. The fourth-order valence-electron chi connectivity index (χ4n) is 2.91. The van der Waals surface area contributed by atoms with E-state index in [2.05, 4.69) is 0 Å². The monoisotopic (exact) mass is 420 g/mol. The first-order valence-electron chi connectivity index (χ1n) is 8.64. The van der Waals surface area contributed by atoms with E-state index in [4.69, 9.17) is 36.3 Å². The van der Waals surface area contributed by atoms with Crippen molar-refractivity contribution in [3.8, 4) is 23.0 Å². The van der Waals surface area contributed by atoms with E-state index >= 15 is 0 Å². The van der Waals surface area contributed by atoms with Crippen LogP contribution in [0.4, 0.5) is 11.4 Å². The zero-order valence-corrected chi connectivity index (χ0v) is 18.1. The van der Waals surface area contributed by atoms with Crippen molar-refractivity contribution in [2.45, 2.75) is 0 Å². The minimum atomic E-state index is -0.375. The lowest BCUT2D eigenvalue weighted by Crippen LogP contribution is -2.12. The van der Waals surface area contributed by atoms with E-state index in [0.717, 1.165) is 5.69 Å². The molecule has 0 unspecified atom stereocenters. The maximum absolute atomic E-state index is 12.8. The van der Waals surface area contributed by atoms with Gasteiger partial charge < -0.3 is 29.6 Å². The summed E-state index contributed by atoms with van der Waals surface area (Å²) in [5, 5.41) is -0.0189. The Hall–Kier alpha value is -3.06. The van der Waals surface area contributed by atoms with Crippen molar-refractivity contribution >= 4 is 34.8 Å². The van der Waals surface area contributed by atoms with Gasteiger partial charge in [-0.25, -0.2) is 0 Å². The molecule has 0 spiro atoms. The number of methoxy groups -OCH3 is 4. The van der Waals surface area contributed by atoms with Gasteiger partial charge in [-0.15, -0.1) is 0 Å². The first-order valence-corrected chi connectivity index (χ1v) is 9.02. The molecular formula is C21H25ClN2O5. The Morgan fingerprint density at radius 1 is 0.966 bits per heavy atom. The van der Waals surface area contributed by atoms with E-state index in [-0.39, 0.29) is 10.8 Å². The second kappa shape index (κ2) is 9.43. The lowest BCUT2D eigenvalue weighted by Gasteiger charge is -2.17. The summed E-state index contributed by atoms with van der Waals surface area (Å²) in [4.78, 5) is 14.7. The number of nitrogens with zero attached hydrogens (tertiary/aromatic N) is 1. The van der Waals surface area contributed by atoms with Crippen LogP contribution in [-0.2, 0) is 0 Å². The number of ether oxygens (including phenoxy) is 4. The molecule has 0 atom stereocenters. The molecule has 0 saturated carbocycles. The number of nitrogen functional groups attached to an aromatic ring is 1. The third-order valence-corrected chi connectivity index (χ3v) is 4.57. The lowest BCUT2D eigenvalue weighted by atomic mass is 10.1. The van der Waals surface area contributed by atoms with Crippen molar-refractivity contribution in [2.75, 3.05) is 53.2 Å². The van der Waals surface area contributed by atoms with Gasteiger partial charge in [-0.05, 0) is 30.3 Å². The zero-order chi connectivity index (χ0) is 21.7. The van der Waals surface area contributed by atoms with Gasteiger partial charge in [0.1, 0.15) is 0 Å². The number of anilines is 2. The van der Waals surface area contributed by atoms with Gasteiger partial charge in [0.15, 0.2) is 11.5 Å². The maximum atomic E-state index is 12.8. The van der Waals surface area contributed by atoms with Crippen molar-refractivity contribution < 1.29 is 23.7 Å². The van der Waals surface area contributed by atoms with Gasteiger partial charge in [0.25, 0.3) is 0 Å². The van der Waals surface area contributed by atoms with Crippen LogP contribution < -0.4 is 29.6 Å². The van der Waals surface area contributed by atoms with E-state index in [1.807, 2.05) is 19.0 Å². The largest absolute Gasteiger partial charge is 0.493 e. The van der Waals surface area contributed by atoms with Crippen LogP contribution in [0, 0.1) is 0 Å². The van der Waals surface area contributed by atoms with Gasteiger partial charge in [0, 0.05) is 25.2 Å². The summed E-state index contributed by atoms with van der Waals surface area (Å²) < 4.78 is 21.6. The molecule has 0 bridgehead atoms. The van der Waals surface area contributed by atoms with Crippen molar-refractivity contribution in [3.63, 3.8) is 0 Å². The highest BCUT2D eigenvalue weighted by Gasteiger charge is 2.22. The van der Waals surface area contributed by atoms with Crippen LogP contribution in [0.15, 0.2) is 29.3 Å². The van der Waals surface area contributed by atoms with Crippen molar-refractivity contribution in [1.29, 1.82) is 0 Å². The average Bonchev–Trinajstić information content (AvgIpc) is 2.71. The molecular weight excluding hydrogens is 396 g/mol. The van der Waals surface area contributed by atoms with Crippen LogP contribution in [0.5, 0.6) is 23.0 Å². The van der Waals surface area contributed by atoms with Crippen LogP contribution >= 0.6 is 11.6 Å². The molecule has 2 aromatic rings. The summed E-state index contributed by atoms with van der Waals surface area (Å²) in [6, 6.07) is 6.70. The molecule has 0 amide bonds. The minimum absolute atomic E-state index is 0.0189. The minimum Gasteiger partial charge on any atom is -0.493 e. The van der Waals surface area contributed by atoms with E-state index in [1.165, 1.54) is 34.5 Å². The summed E-state index contributed by atoms with van der Waals surface area (Å²) in [6.45, 7) is 0. The third kappa shape index (κ3) is 4.51. The highest BCUT2D eigenvalue weighted by Crippen LogP contribution is 2.47. The molecule has 156 valence electrons. The summed E-state index contributed by atoms with van der Waals surface area (Å²) >= 11 is 6.34. The molecule has 29 heavy (non-hydrogen) atoms. The average molecular weight is 421 g/mol. The molecule has 0 saturated heterocycles. The van der Waals surface area contributed by atoms with Gasteiger partial charge in [-0.1, -0.05) is 11.6 Å². The number of carbonyl (C=O) groups excluding carboxylic acids is 1. The smallest absolute Gasteiger partial charge is 0.207 e. The molecule has 2 aromatic carbocycles. The number of nitrogens with two attached hydrogens (primary N) is 1. The SMILES string of the molecule is COc1cc(/C=C(/Cl)C(=O)c2ccc(N(C)C)c(N)c2)c(OC)c(OC)c1OC. The molecule has 0 aliphatic carbocycles. The maximum Gasteiger partial charge on any atom is 0.207 e. The predicted octanol–water partition coefficient (Wildman–Crippen LogP) is 3.83. The predicted molar refractivity (Wildman–Crippen MR) is 116 cm³/mol. The van der Waals surface area contributed by atoms with E-state index in [0.29, 0.717) is 39.8 Å². The Morgan fingerprint density at radius 3 is 2.07 bits per heavy atom. The summed E-state index contributed by atoms with van der Waals surface area (Å²) in [6.07, 6.45) is 1.49. The van der Waals surface area contributed by atoms with Crippen LogP contribution in [0.1, 0.15) is 15.9 Å². The standard InChI is InChI=1S/C21H25ClN2O5/c1-24(2)16-8-7-12(10-15(16)23)18(25)14(22)9-13-11-17(26-3)20(28-5)21(29-6)19(13)27-4/h7-11H,23H2,1-6H3/b14-9+.